The molecule has 1 heterocycles. The molecule has 0 radical (unpaired) electrons. The Morgan fingerprint density at radius 1 is 1.28 bits per heavy atom. The second-order valence-electron chi connectivity index (χ2n) is 5.98. The molecule has 1 saturated heterocycles. The minimum atomic E-state index is 0.259. The van der Waals surface area contributed by atoms with Crippen LogP contribution in [0.1, 0.15) is 46.0 Å². The SMILES string of the molecule is CCNC(=NCC1(C)COC1)NC1CCCCC1. The fourth-order valence-electron chi connectivity index (χ4n) is 2.57. The highest BCUT2D eigenvalue weighted by Gasteiger charge is 2.33. The van der Waals surface area contributed by atoms with Gasteiger partial charge in [0.15, 0.2) is 5.96 Å². The molecule has 0 aromatic carbocycles. The van der Waals surface area contributed by atoms with Crippen LogP contribution >= 0.6 is 0 Å². The van der Waals surface area contributed by atoms with Crippen molar-refractivity contribution < 1.29 is 4.74 Å². The molecule has 2 N–H and O–H groups in total. The van der Waals surface area contributed by atoms with Crippen LogP contribution in [-0.2, 0) is 4.74 Å². The van der Waals surface area contributed by atoms with E-state index in [0.29, 0.717) is 6.04 Å². The Morgan fingerprint density at radius 2 is 2.00 bits per heavy atom. The number of ether oxygens (including phenoxy) is 1. The highest BCUT2D eigenvalue weighted by atomic mass is 16.5. The zero-order chi connectivity index (χ0) is 12.8. The third kappa shape index (κ3) is 3.87. The first-order chi connectivity index (χ1) is 8.72. The Morgan fingerprint density at radius 3 is 2.56 bits per heavy atom. The summed E-state index contributed by atoms with van der Waals surface area (Å²) in [4.78, 5) is 4.72. The van der Waals surface area contributed by atoms with Crippen molar-refractivity contribution in [2.45, 2.75) is 52.0 Å². The fourth-order valence-corrected chi connectivity index (χ4v) is 2.57. The second-order valence-corrected chi connectivity index (χ2v) is 5.98. The number of guanidine groups is 1. The van der Waals surface area contributed by atoms with Crippen LogP contribution in [0.15, 0.2) is 4.99 Å². The number of nitrogens with one attached hydrogen (secondary N) is 2. The van der Waals surface area contributed by atoms with E-state index in [9.17, 15) is 0 Å². The van der Waals surface area contributed by atoms with Crippen LogP contribution in [0.2, 0.25) is 0 Å². The first-order valence-corrected chi connectivity index (χ1v) is 7.34. The minimum Gasteiger partial charge on any atom is -0.380 e. The topological polar surface area (TPSA) is 45.7 Å². The smallest absolute Gasteiger partial charge is 0.191 e. The number of hydrogen-bond donors (Lipinski definition) is 2. The van der Waals surface area contributed by atoms with Gasteiger partial charge in [-0.05, 0) is 19.8 Å². The molecule has 1 saturated carbocycles. The van der Waals surface area contributed by atoms with Gasteiger partial charge in [0.1, 0.15) is 0 Å². The molecule has 18 heavy (non-hydrogen) atoms. The van der Waals surface area contributed by atoms with Crippen LogP contribution in [0.25, 0.3) is 0 Å². The fraction of sp³-hybridized carbons (Fsp3) is 0.929. The molecule has 0 bridgehead atoms. The molecule has 0 aromatic rings. The molecule has 2 rings (SSSR count). The molecule has 1 aliphatic heterocycles. The first-order valence-electron chi connectivity index (χ1n) is 7.34. The summed E-state index contributed by atoms with van der Waals surface area (Å²) < 4.78 is 5.27. The summed E-state index contributed by atoms with van der Waals surface area (Å²) in [5, 5.41) is 6.92. The predicted molar refractivity (Wildman–Crippen MR) is 74.9 cm³/mol. The van der Waals surface area contributed by atoms with Gasteiger partial charge in [-0.15, -0.1) is 0 Å². The Bertz CT molecular complexity index is 281. The maximum absolute atomic E-state index is 5.27. The monoisotopic (exact) mass is 253 g/mol. The summed E-state index contributed by atoms with van der Waals surface area (Å²) in [7, 11) is 0. The Kier molecular flexibility index (Phi) is 4.87. The van der Waals surface area contributed by atoms with Gasteiger partial charge in [0, 0.05) is 18.0 Å². The molecule has 0 aromatic heterocycles. The maximum Gasteiger partial charge on any atom is 0.191 e. The highest BCUT2D eigenvalue weighted by molar-refractivity contribution is 5.80. The van der Waals surface area contributed by atoms with Crippen molar-refractivity contribution in [2.75, 3.05) is 26.3 Å². The molecule has 0 unspecified atom stereocenters. The third-order valence-electron chi connectivity index (χ3n) is 3.81. The van der Waals surface area contributed by atoms with Gasteiger partial charge < -0.3 is 15.4 Å². The van der Waals surface area contributed by atoms with E-state index in [2.05, 4.69) is 24.5 Å². The number of hydrogen-bond acceptors (Lipinski definition) is 2. The highest BCUT2D eigenvalue weighted by Crippen LogP contribution is 2.26. The van der Waals surface area contributed by atoms with Gasteiger partial charge >= 0.3 is 0 Å². The molecule has 2 fully saturated rings. The van der Waals surface area contributed by atoms with Crippen molar-refractivity contribution in [3.05, 3.63) is 0 Å². The second kappa shape index (κ2) is 6.41. The van der Waals surface area contributed by atoms with E-state index in [-0.39, 0.29) is 5.41 Å². The van der Waals surface area contributed by atoms with Gasteiger partial charge in [-0.3, -0.25) is 4.99 Å². The summed E-state index contributed by atoms with van der Waals surface area (Å²) in [5.41, 5.74) is 0.259. The van der Waals surface area contributed by atoms with Crippen molar-refractivity contribution in [3.8, 4) is 0 Å². The normalized spacial score (nSPS) is 24.4. The molecule has 4 nitrogen and oxygen atoms in total. The van der Waals surface area contributed by atoms with Crippen molar-refractivity contribution in [2.24, 2.45) is 10.4 Å². The Labute approximate surface area is 111 Å². The maximum atomic E-state index is 5.27. The van der Waals surface area contributed by atoms with Crippen LogP contribution in [0.3, 0.4) is 0 Å². The van der Waals surface area contributed by atoms with E-state index < -0.39 is 0 Å². The lowest BCUT2D eigenvalue weighted by Gasteiger charge is -2.36. The van der Waals surface area contributed by atoms with Crippen LogP contribution < -0.4 is 10.6 Å². The summed E-state index contributed by atoms with van der Waals surface area (Å²) in [6.07, 6.45) is 6.65. The largest absolute Gasteiger partial charge is 0.380 e. The van der Waals surface area contributed by atoms with E-state index in [4.69, 9.17) is 9.73 Å². The number of nitrogens with zero attached hydrogens (tertiary/aromatic N) is 1. The third-order valence-corrected chi connectivity index (χ3v) is 3.81. The Balaban J connectivity index is 1.83. The van der Waals surface area contributed by atoms with E-state index >= 15 is 0 Å². The average molecular weight is 253 g/mol. The average Bonchev–Trinajstić information content (AvgIpc) is 2.35. The van der Waals surface area contributed by atoms with Gasteiger partial charge in [0.05, 0.1) is 19.8 Å². The summed E-state index contributed by atoms with van der Waals surface area (Å²) in [6, 6.07) is 0.613. The molecule has 4 heteroatoms. The summed E-state index contributed by atoms with van der Waals surface area (Å²) in [5.74, 6) is 0.984. The van der Waals surface area contributed by atoms with Gasteiger partial charge in [-0.2, -0.15) is 0 Å². The van der Waals surface area contributed by atoms with Crippen molar-refractivity contribution >= 4 is 5.96 Å². The van der Waals surface area contributed by atoms with E-state index in [1.54, 1.807) is 0 Å². The Hall–Kier alpha value is -0.770. The van der Waals surface area contributed by atoms with Gasteiger partial charge in [0.25, 0.3) is 0 Å². The summed E-state index contributed by atoms with van der Waals surface area (Å²) in [6.45, 7) is 7.83. The lowest BCUT2D eigenvalue weighted by atomic mass is 9.89. The quantitative estimate of drug-likeness (QED) is 0.594. The predicted octanol–water partition coefficient (Wildman–Crippen LogP) is 1.91. The molecule has 0 spiro atoms. The molecule has 0 amide bonds. The van der Waals surface area contributed by atoms with Crippen LogP contribution in [0, 0.1) is 5.41 Å². The first kappa shape index (κ1) is 13.7. The van der Waals surface area contributed by atoms with Crippen molar-refractivity contribution in [1.82, 2.24) is 10.6 Å². The lowest BCUT2D eigenvalue weighted by Crippen LogP contribution is -2.47. The zero-order valence-corrected chi connectivity index (χ0v) is 11.8. The van der Waals surface area contributed by atoms with Crippen LogP contribution in [0.5, 0.6) is 0 Å². The van der Waals surface area contributed by atoms with E-state index in [0.717, 1.165) is 32.3 Å². The van der Waals surface area contributed by atoms with Crippen LogP contribution in [0.4, 0.5) is 0 Å². The number of aliphatic imine (C=N–C) groups is 1. The van der Waals surface area contributed by atoms with Gasteiger partial charge in [0.2, 0.25) is 0 Å². The lowest BCUT2D eigenvalue weighted by molar-refractivity contribution is -0.0945. The number of rotatable bonds is 4. The van der Waals surface area contributed by atoms with Crippen LogP contribution in [-0.4, -0.2) is 38.3 Å². The van der Waals surface area contributed by atoms with Crippen molar-refractivity contribution in [1.29, 1.82) is 0 Å². The molecule has 1 aliphatic carbocycles. The minimum absolute atomic E-state index is 0.259. The summed E-state index contributed by atoms with van der Waals surface area (Å²) >= 11 is 0. The standard InChI is InChI=1S/C14H27N3O/c1-3-15-13(16-9-14(2)10-18-11-14)17-12-7-5-4-6-8-12/h12H,3-11H2,1-2H3,(H2,15,16,17). The van der Waals surface area contributed by atoms with E-state index in [1.807, 2.05) is 0 Å². The van der Waals surface area contributed by atoms with Crippen molar-refractivity contribution in [3.63, 3.8) is 0 Å². The molecule has 2 aliphatic rings. The molecule has 104 valence electrons. The van der Waals surface area contributed by atoms with E-state index in [1.165, 1.54) is 32.1 Å². The van der Waals surface area contributed by atoms with Gasteiger partial charge in [-0.1, -0.05) is 26.2 Å². The zero-order valence-electron chi connectivity index (χ0n) is 11.8. The molecule has 0 atom stereocenters. The molecular weight excluding hydrogens is 226 g/mol. The van der Waals surface area contributed by atoms with Gasteiger partial charge in [-0.25, -0.2) is 0 Å². The molecular formula is C14H27N3O.